The Morgan fingerprint density at radius 3 is 2.24 bits per heavy atom. The van der Waals surface area contributed by atoms with E-state index in [1.807, 2.05) is 0 Å². The fourth-order valence-electron chi connectivity index (χ4n) is 1.32. The van der Waals surface area contributed by atoms with Crippen LogP contribution in [0.2, 0.25) is 0 Å². The van der Waals surface area contributed by atoms with E-state index in [4.69, 9.17) is 5.73 Å². The van der Waals surface area contributed by atoms with E-state index in [1.54, 1.807) is 19.1 Å². The van der Waals surface area contributed by atoms with Gasteiger partial charge in [0.15, 0.2) is 9.84 Å². The number of nitrogens with two attached hydrogens (primary N) is 1. The lowest BCUT2D eigenvalue weighted by Crippen LogP contribution is -2.17. The van der Waals surface area contributed by atoms with Crippen molar-refractivity contribution in [3.05, 3.63) is 23.8 Å². The molecule has 0 fully saturated rings. The number of sulfone groups is 2. The molecule has 1 aromatic carbocycles. The van der Waals surface area contributed by atoms with Crippen LogP contribution in [0.25, 0.3) is 0 Å². The predicted molar refractivity (Wildman–Crippen MR) is 67.4 cm³/mol. The van der Waals surface area contributed by atoms with Gasteiger partial charge in [-0.1, -0.05) is 6.07 Å². The molecule has 0 bridgehead atoms. The van der Waals surface area contributed by atoms with Crippen LogP contribution in [0.1, 0.15) is 5.56 Å². The van der Waals surface area contributed by atoms with Gasteiger partial charge in [-0.05, 0) is 24.6 Å². The van der Waals surface area contributed by atoms with Crippen molar-refractivity contribution in [3.8, 4) is 0 Å². The summed E-state index contributed by atoms with van der Waals surface area (Å²) in [6.45, 7) is 1.65. The van der Waals surface area contributed by atoms with Gasteiger partial charge in [0, 0.05) is 11.9 Å². The second kappa shape index (κ2) is 4.66. The molecule has 0 saturated heterocycles. The van der Waals surface area contributed by atoms with Crippen molar-refractivity contribution in [2.24, 2.45) is 0 Å². The third kappa shape index (κ3) is 4.01. The number of anilines is 1. The van der Waals surface area contributed by atoms with E-state index in [-0.39, 0.29) is 10.6 Å². The Kier molecular flexibility index (Phi) is 3.83. The molecule has 1 aromatic rings. The Morgan fingerprint density at radius 1 is 1.12 bits per heavy atom. The Balaban J connectivity index is 3.10. The van der Waals surface area contributed by atoms with Crippen LogP contribution in [0.15, 0.2) is 23.1 Å². The quantitative estimate of drug-likeness (QED) is 0.804. The highest BCUT2D eigenvalue weighted by Gasteiger charge is 2.19. The Hall–Kier alpha value is -1.08. The molecule has 0 aliphatic heterocycles. The first-order valence-corrected chi connectivity index (χ1v) is 8.60. The van der Waals surface area contributed by atoms with Crippen molar-refractivity contribution in [3.63, 3.8) is 0 Å². The zero-order valence-corrected chi connectivity index (χ0v) is 11.3. The number of nitrogen functional groups attached to an aromatic ring is 1. The minimum absolute atomic E-state index is 0.0983. The normalized spacial score (nSPS) is 12.6. The summed E-state index contributed by atoms with van der Waals surface area (Å²) in [4.78, 5) is 0.0983. The van der Waals surface area contributed by atoms with Crippen LogP contribution in [0.4, 0.5) is 5.69 Å². The van der Waals surface area contributed by atoms with Crippen LogP contribution in [-0.2, 0) is 19.7 Å². The van der Waals surface area contributed by atoms with Gasteiger partial charge >= 0.3 is 0 Å². The van der Waals surface area contributed by atoms with Gasteiger partial charge in [0.2, 0.25) is 0 Å². The fraction of sp³-hybridized carbons (Fsp3) is 0.400. The van der Waals surface area contributed by atoms with Gasteiger partial charge in [-0.2, -0.15) is 0 Å². The number of rotatable bonds is 4. The van der Waals surface area contributed by atoms with Crippen molar-refractivity contribution in [2.75, 3.05) is 23.5 Å². The van der Waals surface area contributed by atoms with E-state index >= 15 is 0 Å². The lowest BCUT2D eigenvalue weighted by molar-refractivity contribution is 0.590. The smallest absolute Gasteiger partial charge is 0.179 e. The summed E-state index contributed by atoms with van der Waals surface area (Å²) in [6.07, 6.45) is 1.01. The maximum absolute atomic E-state index is 11.9. The minimum Gasteiger partial charge on any atom is -0.399 e. The van der Waals surface area contributed by atoms with E-state index in [0.717, 1.165) is 6.26 Å². The topological polar surface area (TPSA) is 94.3 Å². The number of hydrogen-bond donors (Lipinski definition) is 1. The SMILES string of the molecule is Cc1ccc(N)cc1S(=O)(=O)CCS(C)(=O)=O. The molecule has 7 heteroatoms. The molecule has 96 valence electrons. The van der Waals surface area contributed by atoms with Crippen molar-refractivity contribution in [2.45, 2.75) is 11.8 Å². The van der Waals surface area contributed by atoms with Crippen LogP contribution >= 0.6 is 0 Å². The standard InChI is InChI=1S/C10H15NO4S2/c1-8-3-4-9(11)7-10(8)17(14,15)6-5-16(2,12)13/h3-4,7H,5-6,11H2,1-2H3. The van der Waals surface area contributed by atoms with Gasteiger partial charge < -0.3 is 5.73 Å². The molecule has 17 heavy (non-hydrogen) atoms. The molecule has 0 aromatic heterocycles. The molecule has 0 unspecified atom stereocenters. The molecule has 0 amide bonds. The lowest BCUT2D eigenvalue weighted by Gasteiger charge is -2.08. The maximum atomic E-state index is 11.9. The Morgan fingerprint density at radius 2 is 1.71 bits per heavy atom. The monoisotopic (exact) mass is 277 g/mol. The summed E-state index contributed by atoms with van der Waals surface area (Å²) in [5.41, 5.74) is 6.43. The number of aryl methyl sites for hydroxylation is 1. The number of benzene rings is 1. The molecule has 2 N–H and O–H groups in total. The predicted octanol–water partition coefficient (Wildman–Crippen LogP) is 0.396. The molecule has 0 spiro atoms. The van der Waals surface area contributed by atoms with E-state index < -0.39 is 25.4 Å². The third-order valence-corrected chi connectivity index (χ3v) is 5.33. The van der Waals surface area contributed by atoms with Crippen molar-refractivity contribution in [1.82, 2.24) is 0 Å². The molecule has 0 aliphatic carbocycles. The van der Waals surface area contributed by atoms with Gasteiger partial charge in [-0.15, -0.1) is 0 Å². The Bertz CT molecular complexity index is 618. The molecule has 5 nitrogen and oxygen atoms in total. The first kappa shape index (κ1) is 14.0. The van der Waals surface area contributed by atoms with Crippen LogP contribution in [-0.4, -0.2) is 34.6 Å². The average molecular weight is 277 g/mol. The summed E-state index contributed by atoms with van der Waals surface area (Å²) in [6, 6.07) is 4.56. The summed E-state index contributed by atoms with van der Waals surface area (Å²) in [7, 11) is -6.90. The van der Waals surface area contributed by atoms with Crippen LogP contribution in [0.3, 0.4) is 0 Å². The molecule has 0 atom stereocenters. The van der Waals surface area contributed by atoms with Gasteiger partial charge in [-0.3, -0.25) is 0 Å². The lowest BCUT2D eigenvalue weighted by atomic mass is 10.2. The molecule has 0 saturated carbocycles. The summed E-state index contributed by atoms with van der Waals surface area (Å²) in [5.74, 6) is -0.806. The van der Waals surface area contributed by atoms with Gasteiger partial charge in [0.05, 0.1) is 16.4 Å². The fourth-order valence-corrected chi connectivity index (χ4v) is 4.51. The Labute approximate surface area is 101 Å². The summed E-state index contributed by atoms with van der Waals surface area (Å²) < 4.78 is 45.8. The van der Waals surface area contributed by atoms with Crippen molar-refractivity contribution >= 4 is 25.4 Å². The van der Waals surface area contributed by atoms with Crippen LogP contribution < -0.4 is 5.73 Å². The van der Waals surface area contributed by atoms with E-state index in [2.05, 4.69) is 0 Å². The molecular formula is C10H15NO4S2. The zero-order valence-electron chi connectivity index (χ0n) is 9.67. The largest absolute Gasteiger partial charge is 0.399 e. The van der Waals surface area contributed by atoms with Gasteiger partial charge in [0.25, 0.3) is 0 Å². The summed E-state index contributed by atoms with van der Waals surface area (Å²) in [5, 5.41) is 0. The molecular weight excluding hydrogens is 262 g/mol. The van der Waals surface area contributed by atoms with E-state index in [9.17, 15) is 16.8 Å². The molecule has 0 heterocycles. The van der Waals surface area contributed by atoms with Crippen molar-refractivity contribution in [1.29, 1.82) is 0 Å². The highest BCUT2D eigenvalue weighted by Crippen LogP contribution is 2.19. The van der Waals surface area contributed by atoms with Crippen molar-refractivity contribution < 1.29 is 16.8 Å². The zero-order chi connectivity index (χ0) is 13.3. The minimum atomic E-state index is -3.61. The average Bonchev–Trinajstić information content (AvgIpc) is 2.18. The molecule has 0 radical (unpaired) electrons. The van der Waals surface area contributed by atoms with Crippen LogP contribution in [0, 0.1) is 6.92 Å². The highest BCUT2D eigenvalue weighted by atomic mass is 32.2. The summed E-state index contributed by atoms with van der Waals surface area (Å²) >= 11 is 0. The second-order valence-corrected chi connectivity index (χ2v) is 8.31. The van der Waals surface area contributed by atoms with E-state index in [1.165, 1.54) is 6.07 Å². The highest BCUT2D eigenvalue weighted by molar-refractivity contribution is 7.94. The number of hydrogen-bond acceptors (Lipinski definition) is 5. The first-order chi connectivity index (χ1) is 7.62. The maximum Gasteiger partial charge on any atom is 0.179 e. The van der Waals surface area contributed by atoms with Gasteiger partial charge in [0.1, 0.15) is 9.84 Å². The van der Waals surface area contributed by atoms with Gasteiger partial charge in [-0.25, -0.2) is 16.8 Å². The second-order valence-electron chi connectivity index (χ2n) is 3.97. The molecule has 0 aliphatic rings. The first-order valence-electron chi connectivity index (χ1n) is 4.88. The third-order valence-electron chi connectivity index (χ3n) is 2.27. The molecule has 1 rings (SSSR count). The van der Waals surface area contributed by atoms with E-state index in [0.29, 0.717) is 11.3 Å². The van der Waals surface area contributed by atoms with Crippen LogP contribution in [0.5, 0.6) is 0 Å².